The number of nitrogens with one attached hydrogen (secondary N) is 2. The van der Waals surface area contributed by atoms with Crippen molar-refractivity contribution in [2.45, 2.75) is 51.6 Å². The largest absolute Gasteiger partial charge is 0.481 e. The lowest BCUT2D eigenvalue weighted by atomic mass is 10.0. The van der Waals surface area contributed by atoms with E-state index in [1.54, 1.807) is 0 Å². The highest BCUT2D eigenvalue weighted by Gasteiger charge is 2.18. The second-order valence-corrected chi connectivity index (χ2v) is 6.45. The fourth-order valence-electron chi connectivity index (χ4n) is 2.58. The third kappa shape index (κ3) is 8.53. The Balaban J connectivity index is 2.62. The van der Waals surface area contributed by atoms with Crippen LogP contribution in [-0.2, 0) is 11.2 Å². The maximum Gasteiger partial charge on any atom is 0.315 e. The molecule has 2 atom stereocenters. The Kier molecular flexibility index (Phi) is 8.86. The van der Waals surface area contributed by atoms with E-state index >= 15 is 0 Å². The molecule has 6 nitrogen and oxygen atoms in total. The number of carbonyl (C=O) groups excluding carboxylic acids is 1. The maximum absolute atomic E-state index is 12.2. The number of benzene rings is 1. The monoisotopic (exact) mass is 336 g/mol. The second kappa shape index (κ2) is 10.6. The van der Waals surface area contributed by atoms with E-state index in [9.17, 15) is 14.7 Å². The Morgan fingerprint density at radius 3 is 2.25 bits per heavy atom. The first-order valence-electron chi connectivity index (χ1n) is 8.34. The Morgan fingerprint density at radius 1 is 1.08 bits per heavy atom. The Hall–Kier alpha value is -2.08. The predicted octanol–water partition coefficient (Wildman–Crippen LogP) is 2.17. The normalized spacial score (nSPS) is 13.3. The number of rotatable bonds is 10. The molecule has 0 aliphatic rings. The zero-order valence-electron chi connectivity index (χ0n) is 14.4. The summed E-state index contributed by atoms with van der Waals surface area (Å²) in [4.78, 5) is 23.0. The number of carbonyl (C=O) groups is 2. The van der Waals surface area contributed by atoms with Gasteiger partial charge >= 0.3 is 12.0 Å². The number of aliphatic carboxylic acids is 1. The zero-order chi connectivity index (χ0) is 17.9. The van der Waals surface area contributed by atoms with Crippen LogP contribution >= 0.6 is 0 Å². The van der Waals surface area contributed by atoms with Crippen molar-refractivity contribution in [3.63, 3.8) is 0 Å². The average molecular weight is 336 g/mol. The van der Waals surface area contributed by atoms with E-state index in [-0.39, 0.29) is 31.1 Å². The third-order valence-corrected chi connectivity index (χ3v) is 3.68. The maximum atomic E-state index is 12.2. The van der Waals surface area contributed by atoms with Crippen LogP contribution in [0, 0.1) is 5.92 Å². The van der Waals surface area contributed by atoms with Gasteiger partial charge in [-0.2, -0.15) is 0 Å². The van der Waals surface area contributed by atoms with Crippen LogP contribution in [0.2, 0.25) is 0 Å². The van der Waals surface area contributed by atoms with Crippen LogP contribution in [0.25, 0.3) is 0 Å². The van der Waals surface area contributed by atoms with Gasteiger partial charge in [0.25, 0.3) is 0 Å². The molecule has 1 aromatic carbocycles. The van der Waals surface area contributed by atoms with Gasteiger partial charge in [-0.05, 0) is 30.7 Å². The summed E-state index contributed by atoms with van der Waals surface area (Å²) in [6, 6.07) is 8.67. The van der Waals surface area contributed by atoms with E-state index in [4.69, 9.17) is 5.11 Å². The molecule has 2 unspecified atom stereocenters. The van der Waals surface area contributed by atoms with Crippen molar-refractivity contribution in [2.24, 2.45) is 5.92 Å². The standard InChI is InChI=1S/C18H28N2O4/c1-13(2)10-16(12-21)20-18(24)19-15(8-9-17(22)23)11-14-6-4-3-5-7-14/h3-7,13,15-16,21H,8-12H2,1-2H3,(H,22,23)(H2,19,20,24). The fourth-order valence-corrected chi connectivity index (χ4v) is 2.58. The number of carboxylic acids is 1. The molecule has 0 spiro atoms. The van der Waals surface area contributed by atoms with Crippen molar-refractivity contribution in [1.82, 2.24) is 10.6 Å². The van der Waals surface area contributed by atoms with E-state index in [0.717, 1.165) is 5.56 Å². The van der Waals surface area contributed by atoms with Crippen molar-refractivity contribution >= 4 is 12.0 Å². The molecular formula is C18H28N2O4. The summed E-state index contributed by atoms with van der Waals surface area (Å²) in [5, 5.41) is 23.8. The van der Waals surface area contributed by atoms with E-state index in [0.29, 0.717) is 25.2 Å². The molecule has 1 aromatic rings. The van der Waals surface area contributed by atoms with Gasteiger partial charge in [0, 0.05) is 12.5 Å². The van der Waals surface area contributed by atoms with Crippen LogP contribution in [0.4, 0.5) is 4.79 Å². The molecule has 0 aromatic heterocycles. The molecule has 24 heavy (non-hydrogen) atoms. The van der Waals surface area contributed by atoms with Gasteiger partial charge in [-0.15, -0.1) is 0 Å². The lowest BCUT2D eigenvalue weighted by Crippen LogP contribution is -2.48. The highest BCUT2D eigenvalue weighted by Crippen LogP contribution is 2.09. The zero-order valence-corrected chi connectivity index (χ0v) is 14.4. The summed E-state index contributed by atoms with van der Waals surface area (Å²) < 4.78 is 0. The van der Waals surface area contributed by atoms with Gasteiger partial charge in [-0.3, -0.25) is 4.79 Å². The first-order valence-corrected chi connectivity index (χ1v) is 8.34. The average Bonchev–Trinajstić information content (AvgIpc) is 2.52. The van der Waals surface area contributed by atoms with Gasteiger partial charge in [0.2, 0.25) is 0 Å². The number of hydrogen-bond donors (Lipinski definition) is 4. The van der Waals surface area contributed by atoms with Gasteiger partial charge < -0.3 is 20.8 Å². The van der Waals surface area contributed by atoms with E-state index in [1.807, 2.05) is 44.2 Å². The van der Waals surface area contributed by atoms with E-state index in [1.165, 1.54) is 0 Å². The van der Waals surface area contributed by atoms with Gasteiger partial charge in [0.15, 0.2) is 0 Å². The highest BCUT2D eigenvalue weighted by atomic mass is 16.4. The Morgan fingerprint density at radius 2 is 1.71 bits per heavy atom. The third-order valence-electron chi connectivity index (χ3n) is 3.68. The van der Waals surface area contributed by atoms with Crippen molar-refractivity contribution in [3.05, 3.63) is 35.9 Å². The van der Waals surface area contributed by atoms with Crippen molar-refractivity contribution < 1.29 is 19.8 Å². The predicted molar refractivity (Wildman–Crippen MR) is 92.8 cm³/mol. The number of hydrogen-bond acceptors (Lipinski definition) is 3. The van der Waals surface area contributed by atoms with Crippen molar-refractivity contribution in [2.75, 3.05) is 6.61 Å². The quantitative estimate of drug-likeness (QED) is 0.526. The lowest BCUT2D eigenvalue weighted by Gasteiger charge is -2.22. The molecule has 0 heterocycles. The molecule has 0 saturated carbocycles. The number of urea groups is 1. The minimum absolute atomic E-state index is 0.00674. The molecule has 0 radical (unpaired) electrons. The molecule has 0 saturated heterocycles. The summed E-state index contributed by atoms with van der Waals surface area (Å²) in [7, 11) is 0. The van der Waals surface area contributed by atoms with Crippen LogP contribution in [0.3, 0.4) is 0 Å². The smallest absolute Gasteiger partial charge is 0.315 e. The minimum Gasteiger partial charge on any atom is -0.481 e. The van der Waals surface area contributed by atoms with Crippen LogP contribution in [-0.4, -0.2) is 40.9 Å². The molecule has 0 fully saturated rings. The minimum atomic E-state index is -0.886. The number of carboxylic acid groups (broad SMARTS) is 1. The molecule has 4 N–H and O–H groups in total. The number of amides is 2. The van der Waals surface area contributed by atoms with Crippen molar-refractivity contribution in [1.29, 1.82) is 0 Å². The summed E-state index contributed by atoms with van der Waals surface area (Å²) in [6.45, 7) is 3.92. The van der Waals surface area contributed by atoms with Gasteiger partial charge in [-0.25, -0.2) is 4.79 Å². The topological polar surface area (TPSA) is 98.7 Å². The van der Waals surface area contributed by atoms with E-state index in [2.05, 4.69) is 10.6 Å². The van der Waals surface area contributed by atoms with Crippen LogP contribution in [0.5, 0.6) is 0 Å². The Labute approximate surface area is 143 Å². The number of aliphatic hydroxyl groups is 1. The van der Waals surface area contributed by atoms with Crippen LogP contribution in [0.1, 0.15) is 38.7 Å². The molecule has 0 aliphatic carbocycles. The van der Waals surface area contributed by atoms with Crippen molar-refractivity contribution in [3.8, 4) is 0 Å². The van der Waals surface area contributed by atoms with Gasteiger partial charge in [-0.1, -0.05) is 44.2 Å². The summed E-state index contributed by atoms with van der Waals surface area (Å²) in [5.41, 5.74) is 1.04. The van der Waals surface area contributed by atoms with Crippen LogP contribution in [0.15, 0.2) is 30.3 Å². The van der Waals surface area contributed by atoms with Gasteiger partial charge in [0.05, 0.1) is 12.6 Å². The first kappa shape index (κ1) is 20.0. The summed E-state index contributed by atoms with van der Waals surface area (Å²) in [6.07, 6.45) is 1.59. The van der Waals surface area contributed by atoms with Gasteiger partial charge in [0.1, 0.15) is 0 Å². The highest BCUT2D eigenvalue weighted by molar-refractivity contribution is 5.74. The van der Waals surface area contributed by atoms with Crippen LogP contribution < -0.4 is 10.6 Å². The lowest BCUT2D eigenvalue weighted by molar-refractivity contribution is -0.137. The number of aliphatic hydroxyl groups excluding tert-OH is 1. The summed E-state index contributed by atoms with van der Waals surface area (Å²) >= 11 is 0. The SMILES string of the molecule is CC(C)CC(CO)NC(=O)NC(CCC(=O)O)Cc1ccccc1. The molecule has 134 valence electrons. The summed E-state index contributed by atoms with van der Waals surface area (Å²) in [5.74, 6) is -0.530. The molecular weight excluding hydrogens is 308 g/mol. The van der Waals surface area contributed by atoms with E-state index < -0.39 is 5.97 Å². The Bertz CT molecular complexity index is 505. The molecule has 2 amide bonds. The molecule has 6 heteroatoms. The second-order valence-electron chi connectivity index (χ2n) is 6.45. The molecule has 1 rings (SSSR count). The fraction of sp³-hybridized carbons (Fsp3) is 0.556. The molecule has 0 aliphatic heterocycles. The first-order chi connectivity index (χ1) is 11.4. The molecule has 0 bridgehead atoms.